The second-order valence-corrected chi connectivity index (χ2v) is 8.16. The molecule has 1 unspecified atom stereocenters. The summed E-state index contributed by atoms with van der Waals surface area (Å²) in [4.78, 5) is 11.9. The molecule has 0 saturated heterocycles. The lowest BCUT2D eigenvalue weighted by molar-refractivity contribution is -0.307. The number of nitrogens with zero attached hydrogens (tertiary/aromatic N) is 1. The van der Waals surface area contributed by atoms with E-state index in [1.54, 1.807) is 36.4 Å². The van der Waals surface area contributed by atoms with E-state index in [4.69, 9.17) is 10.00 Å². The first-order valence-corrected chi connectivity index (χ1v) is 10.8. The van der Waals surface area contributed by atoms with Crippen LogP contribution in [0.2, 0.25) is 0 Å². The number of hydrogen-bond donors (Lipinski definition) is 2. The minimum atomic E-state index is -3.34. The molecule has 0 spiro atoms. The van der Waals surface area contributed by atoms with Crippen LogP contribution >= 0.6 is 0 Å². The molecule has 2 N–H and O–H groups in total. The van der Waals surface area contributed by atoms with Gasteiger partial charge in [-0.3, -0.25) is 0 Å². The fourth-order valence-electron chi connectivity index (χ4n) is 2.63. The average Bonchev–Trinajstić information content (AvgIpc) is 2.69. The van der Waals surface area contributed by atoms with E-state index in [1.165, 1.54) is 0 Å². The molecule has 0 heterocycles. The molecule has 0 aliphatic carbocycles. The zero-order valence-electron chi connectivity index (χ0n) is 16.1. The third kappa shape index (κ3) is 6.78. The van der Waals surface area contributed by atoms with E-state index >= 15 is 0 Å². The molecule has 0 saturated carbocycles. The van der Waals surface area contributed by atoms with Gasteiger partial charge in [0.1, 0.15) is 12.4 Å². The van der Waals surface area contributed by atoms with E-state index in [2.05, 4.69) is 10.0 Å². The summed E-state index contributed by atoms with van der Waals surface area (Å²) < 4.78 is 30.3. The number of aliphatic carboxylic acids is 1. The maximum Gasteiger partial charge on any atom is 0.208 e. The van der Waals surface area contributed by atoms with Gasteiger partial charge in [-0.15, -0.1) is 0 Å². The van der Waals surface area contributed by atoms with E-state index < -0.39 is 22.0 Å². The Bertz CT molecular complexity index is 998. The van der Waals surface area contributed by atoms with Crippen molar-refractivity contribution in [1.29, 1.82) is 5.26 Å². The summed E-state index contributed by atoms with van der Waals surface area (Å²) in [6.07, 6.45) is 1.74. The van der Waals surface area contributed by atoms with Gasteiger partial charge < -0.3 is 20.0 Å². The Morgan fingerprint density at radius 3 is 2.48 bits per heavy atom. The Kier molecular flexibility index (Phi) is 7.59. The number of carbonyl (C=O) groups excluding carboxylic acids is 1. The normalized spacial score (nSPS) is 12.0. The third-order valence-corrected chi connectivity index (χ3v) is 4.81. The zero-order valence-corrected chi connectivity index (χ0v) is 17.0. The van der Waals surface area contributed by atoms with Crippen molar-refractivity contribution < 1.29 is 23.1 Å². The quantitative estimate of drug-likeness (QED) is 0.551. The monoisotopic (exact) mass is 416 g/mol. The van der Waals surface area contributed by atoms with Gasteiger partial charge in [0.05, 0.1) is 29.9 Å². The highest BCUT2D eigenvalue weighted by Crippen LogP contribution is 2.29. The number of rotatable bonds is 10. The maximum absolute atomic E-state index is 11.9. The van der Waals surface area contributed by atoms with Gasteiger partial charge in [-0.25, -0.2) is 13.1 Å². The average molecular weight is 416 g/mol. The van der Waals surface area contributed by atoms with Crippen LogP contribution in [0.5, 0.6) is 5.75 Å². The van der Waals surface area contributed by atoms with Gasteiger partial charge in [-0.1, -0.05) is 13.0 Å². The van der Waals surface area contributed by atoms with Crippen LogP contribution in [0.15, 0.2) is 42.5 Å². The first-order chi connectivity index (χ1) is 13.7. The number of nitriles is 1. The number of anilines is 1. The van der Waals surface area contributed by atoms with Crippen molar-refractivity contribution in [3.63, 3.8) is 0 Å². The molecule has 0 aromatic heterocycles. The molecule has 2 aromatic rings. The summed E-state index contributed by atoms with van der Waals surface area (Å²) in [5.74, 6) is -1.03. The van der Waals surface area contributed by atoms with Gasteiger partial charge in [-0.2, -0.15) is 5.26 Å². The Morgan fingerprint density at radius 2 is 1.93 bits per heavy atom. The fourth-order valence-corrected chi connectivity index (χ4v) is 3.09. The van der Waals surface area contributed by atoms with E-state index in [1.807, 2.05) is 19.1 Å². The molecule has 0 bridgehead atoms. The highest BCUT2D eigenvalue weighted by Gasteiger charge is 2.19. The van der Waals surface area contributed by atoms with Crippen LogP contribution in [0.4, 0.5) is 5.69 Å². The van der Waals surface area contributed by atoms with Crippen molar-refractivity contribution in [1.82, 2.24) is 4.72 Å². The lowest BCUT2D eigenvalue weighted by atomic mass is 10.0. The molecular formula is C20H22N3O5S-. The lowest BCUT2D eigenvalue weighted by Crippen LogP contribution is -2.35. The second-order valence-electron chi connectivity index (χ2n) is 6.33. The van der Waals surface area contributed by atoms with Crippen LogP contribution in [0, 0.1) is 11.3 Å². The van der Waals surface area contributed by atoms with Crippen molar-refractivity contribution in [2.45, 2.75) is 19.4 Å². The summed E-state index contributed by atoms with van der Waals surface area (Å²) in [6.45, 7) is 2.02. The molecule has 8 nitrogen and oxygen atoms in total. The van der Waals surface area contributed by atoms with Crippen molar-refractivity contribution in [3.8, 4) is 11.8 Å². The number of sulfonamides is 1. The Morgan fingerprint density at radius 1 is 1.24 bits per heavy atom. The predicted molar refractivity (Wildman–Crippen MR) is 107 cm³/mol. The van der Waals surface area contributed by atoms with Gasteiger partial charge in [0.2, 0.25) is 10.0 Å². The Labute approximate surface area is 170 Å². The minimum absolute atomic E-state index is 0.0299. The number of aryl methyl sites for hydroxylation is 1. The number of carboxylic acids is 1. The molecule has 154 valence electrons. The van der Waals surface area contributed by atoms with E-state index in [-0.39, 0.29) is 13.2 Å². The SMILES string of the molecule is CCc1ccc(OCCNS(C)(=O)=O)c(C(Nc2ccc(C#N)cc2)C(=O)[O-])c1. The molecule has 0 fully saturated rings. The second kappa shape index (κ2) is 9.91. The third-order valence-electron chi connectivity index (χ3n) is 4.08. The predicted octanol–water partition coefficient (Wildman–Crippen LogP) is 0.952. The van der Waals surface area contributed by atoms with Crippen LogP contribution in [-0.4, -0.2) is 33.8 Å². The van der Waals surface area contributed by atoms with E-state index in [9.17, 15) is 18.3 Å². The summed E-state index contributed by atoms with van der Waals surface area (Å²) >= 11 is 0. The van der Waals surface area contributed by atoms with Gasteiger partial charge in [0.25, 0.3) is 0 Å². The van der Waals surface area contributed by atoms with Crippen LogP contribution in [-0.2, 0) is 21.2 Å². The van der Waals surface area contributed by atoms with Crippen LogP contribution in [0.1, 0.15) is 29.7 Å². The smallest absolute Gasteiger partial charge is 0.208 e. The van der Waals surface area contributed by atoms with E-state index in [0.717, 1.165) is 11.8 Å². The molecule has 29 heavy (non-hydrogen) atoms. The number of hydrogen-bond acceptors (Lipinski definition) is 7. The van der Waals surface area contributed by atoms with Crippen molar-refractivity contribution in [2.24, 2.45) is 0 Å². The number of benzene rings is 2. The number of carboxylic acid groups (broad SMARTS) is 1. The first kappa shape index (κ1) is 22.2. The van der Waals surface area contributed by atoms with Crippen molar-refractivity contribution in [3.05, 3.63) is 59.2 Å². The summed E-state index contributed by atoms with van der Waals surface area (Å²) in [5.41, 5.74) is 2.24. The molecule has 0 radical (unpaired) electrons. The topological polar surface area (TPSA) is 131 Å². The minimum Gasteiger partial charge on any atom is -0.548 e. The highest BCUT2D eigenvalue weighted by molar-refractivity contribution is 7.88. The van der Waals surface area contributed by atoms with Crippen molar-refractivity contribution in [2.75, 3.05) is 24.7 Å². The molecule has 1 atom stereocenters. The van der Waals surface area contributed by atoms with Gasteiger partial charge >= 0.3 is 0 Å². The molecular weight excluding hydrogens is 394 g/mol. The molecule has 0 amide bonds. The molecule has 2 rings (SSSR count). The Hall–Kier alpha value is -3.09. The number of ether oxygens (including phenoxy) is 1. The van der Waals surface area contributed by atoms with Crippen LogP contribution < -0.4 is 19.9 Å². The summed E-state index contributed by atoms with van der Waals surface area (Å²) in [6, 6.07) is 12.4. The fraction of sp³-hybridized carbons (Fsp3) is 0.300. The van der Waals surface area contributed by atoms with Crippen LogP contribution in [0.3, 0.4) is 0 Å². The molecule has 0 aliphatic rings. The number of carbonyl (C=O) groups is 1. The standard InChI is InChI=1S/C20H23N3O5S/c1-3-14-6-9-18(28-11-10-22-29(2,26)27)17(12-14)19(20(24)25)23-16-7-4-15(13-21)5-8-16/h4-9,12,19,22-23H,3,10-11H2,1-2H3,(H,24,25)/p-1. The maximum atomic E-state index is 11.9. The van der Waals surface area contributed by atoms with Crippen molar-refractivity contribution >= 4 is 21.7 Å². The van der Waals surface area contributed by atoms with Gasteiger partial charge in [0, 0.05) is 17.8 Å². The largest absolute Gasteiger partial charge is 0.548 e. The van der Waals surface area contributed by atoms with Crippen LogP contribution in [0.25, 0.3) is 0 Å². The Balaban J connectivity index is 2.27. The number of nitrogens with one attached hydrogen (secondary N) is 2. The first-order valence-electron chi connectivity index (χ1n) is 8.91. The van der Waals surface area contributed by atoms with Gasteiger partial charge in [0.15, 0.2) is 0 Å². The highest BCUT2D eigenvalue weighted by atomic mass is 32.2. The lowest BCUT2D eigenvalue weighted by Gasteiger charge is -2.24. The molecule has 0 aliphatic heterocycles. The van der Waals surface area contributed by atoms with Gasteiger partial charge in [-0.05, 0) is 48.4 Å². The molecule has 9 heteroatoms. The summed E-state index contributed by atoms with van der Waals surface area (Å²) in [7, 11) is -3.34. The zero-order chi connectivity index (χ0) is 21.4. The summed E-state index contributed by atoms with van der Waals surface area (Å²) in [5, 5.41) is 23.6. The molecule has 2 aromatic carbocycles. The van der Waals surface area contributed by atoms with E-state index in [0.29, 0.717) is 29.0 Å².